The van der Waals surface area contributed by atoms with Crippen molar-refractivity contribution in [3.8, 4) is 0 Å². The Bertz CT molecular complexity index is 1500. The predicted molar refractivity (Wildman–Crippen MR) is 180 cm³/mol. The second kappa shape index (κ2) is 11.9. The maximum atomic E-state index is 14.5. The monoisotopic (exact) mass is 628 g/mol. The third kappa shape index (κ3) is 6.53. The van der Waals surface area contributed by atoms with E-state index in [0.717, 1.165) is 20.9 Å². The minimum absolute atomic E-state index is 0.0408. The summed E-state index contributed by atoms with van der Waals surface area (Å²) in [4.78, 5) is 58.5. The van der Waals surface area contributed by atoms with Crippen LogP contribution in [0.25, 0.3) is 11.4 Å². The molecule has 2 aliphatic heterocycles. The fraction of sp³-hybridized carbons (Fsp3) is 0.474. The van der Waals surface area contributed by atoms with Gasteiger partial charge in [-0.15, -0.1) is 0 Å². The summed E-state index contributed by atoms with van der Waals surface area (Å²) in [6, 6.07) is 14.8. The van der Waals surface area contributed by atoms with E-state index >= 15 is 0 Å². The van der Waals surface area contributed by atoms with Gasteiger partial charge < -0.3 is 9.47 Å². The molecule has 0 spiro atoms. The van der Waals surface area contributed by atoms with Crippen molar-refractivity contribution in [2.75, 3.05) is 0 Å². The first-order valence-electron chi connectivity index (χ1n) is 16.0. The van der Waals surface area contributed by atoms with E-state index in [4.69, 9.17) is 9.47 Å². The molecule has 0 saturated heterocycles. The minimum Gasteiger partial charge on any atom is -0.443 e. The second-order valence-corrected chi connectivity index (χ2v) is 15.3. The molecule has 2 aliphatic rings. The Kier molecular flexibility index (Phi) is 8.94. The lowest BCUT2D eigenvalue weighted by atomic mass is 9.86. The van der Waals surface area contributed by atoms with Crippen molar-refractivity contribution in [3.05, 3.63) is 81.9 Å². The van der Waals surface area contributed by atoms with Gasteiger partial charge in [0, 0.05) is 0 Å². The molecule has 0 aliphatic carbocycles. The molecule has 4 amide bonds. The molecule has 46 heavy (non-hydrogen) atoms. The van der Waals surface area contributed by atoms with E-state index in [-0.39, 0.29) is 33.4 Å². The molecule has 8 nitrogen and oxygen atoms in total. The molecule has 246 valence electrons. The third-order valence-electron chi connectivity index (χ3n) is 8.85. The minimum atomic E-state index is -0.891. The van der Waals surface area contributed by atoms with Gasteiger partial charge in [0.2, 0.25) is 0 Å². The zero-order valence-electron chi connectivity index (χ0n) is 29.4. The van der Waals surface area contributed by atoms with E-state index in [2.05, 4.69) is 41.5 Å². The topological polar surface area (TPSA) is 93.2 Å². The van der Waals surface area contributed by atoms with Crippen molar-refractivity contribution in [3.63, 3.8) is 0 Å². The Morgan fingerprint density at radius 1 is 0.543 bits per heavy atom. The number of rotatable bonds is 6. The molecule has 2 aromatic carbocycles. The molecule has 0 fully saturated rings. The molecule has 0 radical (unpaired) electrons. The molecule has 0 unspecified atom stereocenters. The van der Waals surface area contributed by atoms with Crippen molar-refractivity contribution in [1.29, 1.82) is 0 Å². The molecule has 0 saturated carbocycles. The van der Waals surface area contributed by atoms with Crippen LogP contribution in [-0.2, 0) is 29.9 Å². The lowest BCUT2D eigenvalue weighted by Gasteiger charge is -2.29. The fourth-order valence-electron chi connectivity index (χ4n) is 5.16. The average Bonchev–Trinajstić information content (AvgIpc) is 3.43. The van der Waals surface area contributed by atoms with Gasteiger partial charge in [-0.05, 0) is 73.6 Å². The van der Waals surface area contributed by atoms with Crippen LogP contribution in [0.5, 0.6) is 0 Å². The van der Waals surface area contributed by atoms with Crippen LogP contribution in [0.15, 0.2) is 59.7 Å². The highest BCUT2D eigenvalue weighted by Gasteiger charge is 2.54. The lowest BCUT2D eigenvalue weighted by Crippen LogP contribution is -2.41. The highest BCUT2D eigenvalue weighted by Crippen LogP contribution is 2.48. The third-order valence-corrected chi connectivity index (χ3v) is 8.85. The van der Waals surface area contributed by atoms with Crippen molar-refractivity contribution >= 4 is 35.4 Å². The highest BCUT2D eigenvalue weighted by atomic mass is 16.6. The van der Waals surface area contributed by atoms with E-state index in [1.54, 1.807) is 52.0 Å². The predicted octanol–water partition coefficient (Wildman–Crippen LogP) is 8.74. The summed E-state index contributed by atoms with van der Waals surface area (Å²) < 4.78 is 11.6. The molecular weight excluding hydrogens is 580 g/mol. The summed E-state index contributed by atoms with van der Waals surface area (Å²) in [6.07, 6.45) is -0.769. The average molecular weight is 629 g/mol. The number of amides is 4. The quantitative estimate of drug-likeness (QED) is 0.318. The van der Waals surface area contributed by atoms with Crippen LogP contribution in [0.4, 0.5) is 9.59 Å². The number of hydrogen-bond acceptors (Lipinski definition) is 6. The van der Waals surface area contributed by atoms with Crippen LogP contribution in [0.3, 0.4) is 0 Å². The SMILES string of the molecule is CCC(C)(C)OC(=O)N1C(=O)C2=C(c3ccc(C(C)(C)C)cc3)N(C(=O)OC(C)(C)CC)C(=O)C2=C1c1ccc(C(C)(C)C)cc1. The Balaban J connectivity index is 2.02. The first-order valence-corrected chi connectivity index (χ1v) is 16.0. The van der Waals surface area contributed by atoms with Crippen LogP contribution in [0.1, 0.15) is 118 Å². The Hall–Kier alpha value is -4.20. The summed E-state index contributed by atoms with van der Waals surface area (Å²) in [5, 5.41) is 0. The molecule has 0 bridgehead atoms. The number of carbonyl (C=O) groups is 4. The van der Waals surface area contributed by atoms with E-state index < -0.39 is 35.2 Å². The zero-order chi connectivity index (χ0) is 34.6. The maximum absolute atomic E-state index is 14.5. The summed E-state index contributed by atoms with van der Waals surface area (Å²) in [5.74, 6) is -1.48. The van der Waals surface area contributed by atoms with Gasteiger partial charge >= 0.3 is 12.2 Å². The molecule has 2 heterocycles. The standard InChI is InChI=1S/C38H48N2O6/c1-13-37(9,10)45-33(43)39-29(23-15-19-25(20-16-23)35(3,4)5)27-28(31(39)41)30(24-17-21-26(22-18-24)36(6,7)8)40(32(27)42)34(44)46-38(11,12)14-2/h15-22H,13-14H2,1-12H3. The van der Waals surface area contributed by atoms with Crippen LogP contribution >= 0.6 is 0 Å². The summed E-state index contributed by atoms with van der Waals surface area (Å²) >= 11 is 0. The van der Waals surface area contributed by atoms with E-state index in [9.17, 15) is 19.2 Å². The maximum Gasteiger partial charge on any atom is 0.422 e. The molecule has 0 atom stereocenters. The van der Waals surface area contributed by atoms with Gasteiger partial charge in [0.15, 0.2) is 0 Å². The zero-order valence-corrected chi connectivity index (χ0v) is 29.4. The molecule has 0 aromatic heterocycles. The normalized spacial score (nSPS) is 16.0. The van der Waals surface area contributed by atoms with E-state index in [1.807, 2.05) is 38.1 Å². The second-order valence-electron chi connectivity index (χ2n) is 15.3. The Morgan fingerprint density at radius 3 is 1.07 bits per heavy atom. The summed E-state index contributed by atoms with van der Waals surface area (Å²) in [6.45, 7) is 23.3. The first-order chi connectivity index (χ1) is 21.1. The number of imide groups is 2. The van der Waals surface area contributed by atoms with Crippen molar-refractivity contribution in [2.24, 2.45) is 0 Å². The number of fused-ring (bicyclic) bond motifs is 1. The smallest absolute Gasteiger partial charge is 0.422 e. The number of hydrogen-bond donors (Lipinski definition) is 0. The lowest BCUT2D eigenvalue weighted by molar-refractivity contribution is -0.124. The van der Waals surface area contributed by atoms with Gasteiger partial charge in [-0.1, -0.05) is 104 Å². The number of ether oxygens (including phenoxy) is 2. The van der Waals surface area contributed by atoms with Crippen molar-refractivity contribution in [1.82, 2.24) is 9.80 Å². The van der Waals surface area contributed by atoms with Gasteiger partial charge in [0.25, 0.3) is 11.8 Å². The first kappa shape index (κ1) is 34.7. The van der Waals surface area contributed by atoms with E-state index in [0.29, 0.717) is 24.0 Å². The van der Waals surface area contributed by atoms with Crippen molar-refractivity contribution in [2.45, 2.75) is 118 Å². The van der Waals surface area contributed by atoms with Gasteiger partial charge in [0.05, 0.1) is 22.5 Å². The van der Waals surface area contributed by atoms with Gasteiger partial charge in [-0.25, -0.2) is 19.4 Å². The molecular formula is C38H48N2O6. The van der Waals surface area contributed by atoms with Crippen LogP contribution in [-0.4, -0.2) is 45.0 Å². The molecule has 2 aromatic rings. The number of carbonyl (C=O) groups excluding carboxylic acids is 4. The number of nitrogens with zero attached hydrogens (tertiary/aromatic N) is 2. The van der Waals surface area contributed by atoms with Gasteiger partial charge in [-0.2, -0.15) is 0 Å². The largest absolute Gasteiger partial charge is 0.443 e. The van der Waals surface area contributed by atoms with Crippen LogP contribution in [0, 0.1) is 0 Å². The van der Waals surface area contributed by atoms with Gasteiger partial charge in [-0.3, -0.25) is 9.59 Å². The van der Waals surface area contributed by atoms with Gasteiger partial charge in [0.1, 0.15) is 11.2 Å². The van der Waals surface area contributed by atoms with Crippen molar-refractivity contribution < 1.29 is 28.7 Å². The highest BCUT2D eigenvalue weighted by molar-refractivity contribution is 6.35. The Morgan fingerprint density at radius 2 is 0.826 bits per heavy atom. The summed E-state index contributed by atoms with van der Waals surface area (Å²) in [7, 11) is 0. The van der Waals surface area contributed by atoms with Crippen LogP contribution < -0.4 is 0 Å². The Labute approximate surface area is 273 Å². The molecule has 4 rings (SSSR count). The fourth-order valence-corrected chi connectivity index (χ4v) is 5.16. The van der Waals surface area contributed by atoms with E-state index in [1.165, 1.54) is 0 Å². The molecule has 0 N–H and O–H groups in total. The molecule has 8 heteroatoms. The number of benzene rings is 2. The van der Waals surface area contributed by atoms with Crippen LogP contribution in [0.2, 0.25) is 0 Å². The summed E-state index contributed by atoms with van der Waals surface area (Å²) in [5.41, 5.74) is 1.04.